The van der Waals surface area contributed by atoms with Crippen molar-refractivity contribution in [2.24, 2.45) is 23.5 Å². The number of carbonyl (C=O) groups is 3. The molecule has 0 radical (unpaired) electrons. The predicted molar refractivity (Wildman–Crippen MR) is 102 cm³/mol. The van der Waals surface area contributed by atoms with Crippen molar-refractivity contribution in [3.05, 3.63) is 49.5 Å². The van der Waals surface area contributed by atoms with Gasteiger partial charge in [-0.25, -0.2) is 0 Å². The minimum absolute atomic E-state index is 0.0432. The van der Waals surface area contributed by atoms with Gasteiger partial charge in [0.2, 0.25) is 0 Å². The molecular formula is C19H16INO6. The molecule has 7 nitrogen and oxygen atoms in total. The van der Waals surface area contributed by atoms with Crippen LogP contribution in [0.1, 0.15) is 28.8 Å². The van der Waals surface area contributed by atoms with E-state index in [1.165, 1.54) is 0 Å². The largest absolute Gasteiger partial charge is 0.511 e. The van der Waals surface area contributed by atoms with Crippen LogP contribution in [0.25, 0.3) is 0 Å². The molecule has 1 aromatic rings. The number of amides is 1. The number of Topliss-reactive ketones (excluding diaryl/α,β-unsaturated/α-hetero) is 2. The van der Waals surface area contributed by atoms with Gasteiger partial charge in [-0.3, -0.25) is 14.4 Å². The first-order valence-corrected chi connectivity index (χ1v) is 9.54. The number of halogens is 1. The number of fused-ring (bicyclic) bond motifs is 3. The molecular weight excluding hydrogens is 465 g/mol. The van der Waals surface area contributed by atoms with Crippen LogP contribution in [-0.4, -0.2) is 32.8 Å². The summed E-state index contributed by atoms with van der Waals surface area (Å²) >= 11 is 1.92. The minimum atomic E-state index is -1.08. The molecule has 0 aliphatic heterocycles. The molecule has 3 unspecified atom stereocenters. The summed E-state index contributed by atoms with van der Waals surface area (Å²) in [5.41, 5.74) is 5.64. The molecule has 0 heterocycles. The summed E-state index contributed by atoms with van der Waals surface area (Å²) in [4.78, 5) is 37.3. The van der Waals surface area contributed by atoms with Crippen LogP contribution >= 0.6 is 22.6 Å². The number of rotatable bonds is 1. The first kappa shape index (κ1) is 18.0. The monoisotopic (exact) mass is 481 g/mol. The quantitative estimate of drug-likeness (QED) is 0.358. The Labute approximate surface area is 167 Å². The third kappa shape index (κ3) is 2.49. The van der Waals surface area contributed by atoms with Crippen LogP contribution in [0.5, 0.6) is 5.75 Å². The number of hydrogen-bond acceptors (Lipinski definition) is 6. The summed E-state index contributed by atoms with van der Waals surface area (Å²) in [6.45, 7) is 0. The second-order valence-electron chi connectivity index (χ2n) is 7.19. The molecule has 0 saturated carbocycles. The molecule has 0 bridgehead atoms. The Hall–Kier alpha value is -2.36. The van der Waals surface area contributed by atoms with Crippen molar-refractivity contribution in [1.82, 2.24) is 0 Å². The lowest BCUT2D eigenvalue weighted by molar-refractivity contribution is -0.126. The highest BCUT2D eigenvalue weighted by atomic mass is 127. The summed E-state index contributed by atoms with van der Waals surface area (Å²) in [6, 6.07) is 3.50. The molecule has 4 rings (SSSR count). The highest BCUT2D eigenvalue weighted by Gasteiger charge is 2.50. The Morgan fingerprint density at radius 1 is 1.15 bits per heavy atom. The summed E-state index contributed by atoms with van der Waals surface area (Å²) in [5.74, 6) is -4.99. The zero-order valence-corrected chi connectivity index (χ0v) is 16.2. The molecule has 27 heavy (non-hydrogen) atoms. The maximum absolute atomic E-state index is 13.0. The molecule has 5 N–H and O–H groups in total. The number of phenolic OH excluding ortho intramolecular Hbond substituents is 1. The zero-order valence-electron chi connectivity index (χ0n) is 14.0. The maximum atomic E-state index is 13.0. The van der Waals surface area contributed by atoms with E-state index in [-0.39, 0.29) is 40.7 Å². The van der Waals surface area contributed by atoms with Crippen LogP contribution < -0.4 is 5.73 Å². The van der Waals surface area contributed by atoms with Gasteiger partial charge in [-0.05, 0) is 58.9 Å². The Kier molecular flexibility index (Phi) is 4.06. The number of aromatic hydroxyl groups is 1. The van der Waals surface area contributed by atoms with Crippen LogP contribution in [-0.2, 0) is 16.0 Å². The Bertz CT molecular complexity index is 992. The molecule has 1 amide bonds. The molecule has 140 valence electrons. The van der Waals surface area contributed by atoms with Crippen molar-refractivity contribution in [3.63, 3.8) is 0 Å². The zero-order chi connectivity index (χ0) is 19.6. The third-order valence-corrected chi connectivity index (χ3v) is 6.58. The number of phenols is 1. The van der Waals surface area contributed by atoms with Gasteiger partial charge in [0.1, 0.15) is 22.8 Å². The fourth-order valence-electron chi connectivity index (χ4n) is 4.59. The SMILES string of the molecule is NC(=O)C1=C(O)CC2CC3Cc4ccc(I)c(O)c4C(=O)C3=C(O)C2C1=O. The van der Waals surface area contributed by atoms with Gasteiger partial charge in [0.05, 0.1) is 15.1 Å². The third-order valence-electron chi connectivity index (χ3n) is 5.71. The average Bonchev–Trinajstić information content (AvgIpc) is 2.57. The number of aliphatic hydroxyl groups excluding tert-OH is 2. The normalized spacial score (nSPS) is 27.2. The Balaban J connectivity index is 1.86. The number of hydrogen-bond donors (Lipinski definition) is 4. The first-order chi connectivity index (χ1) is 12.7. The molecule has 3 aliphatic carbocycles. The second-order valence-corrected chi connectivity index (χ2v) is 8.35. The van der Waals surface area contributed by atoms with E-state index in [2.05, 4.69) is 0 Å². The van der Waals surface area contributed by atoms with Crippen molar-refractivity contribution in [2.75, 3.05) is 0 Å². The fourth-order valence-corrected chi connectivity index (χ4v) is 5.04. The number of aliphatic hydroxyl groups is 2. The number of carbonyl (C=O) groups excluding carboxylic acids is 3. The lowest BCUT2D eigenvalue weighted by Crippen LogP contribution is -2.43. The lowest BCUT2D eigenvalue weighted by atomic mass is 9.62. The van der Waals surface area contributed by atoms with E-state index in [9.17, 15) is 29.7 Å². The number of nitrogens with two attached hydrogens (primary N) is 1. The average molecular weight is 481 g/mol. The fraction of sp³-hybridized carbons (Fsp3) is 0.316. The van der Waals surface area contributed by atoms with Gasteiger partial charge < -0.3 is 21.1 Å². The van der Waals surface area contributed by atoms with E-state index in [1.807, 2.05) is 22.6 Å². The van der Waals surface area contributed by atoms with Crippen molar-refractivity contribution in [1.29, 1.82) is 0 Å². The van der Waals surface area contributed by atoms with Crippen molar-refractivity contribution >= 4 is 40.1 Å². The molecule has 0 saturated heterocycles. The Morgan fingerprint density at radius 2 is 1.85 bits per heavy atom. The molecule has 8 heteroatoms. The van der Waals surface area contributed by atoms with E-state index in [0.717, 1.165) is 0 Å². The highest BCUT2D eigenvalue weighted by molar-refractivity contribution is 14.1. The summed E-state index contributed by atoms with van der Waals surface area (Å²) in [6.07, 6.45) is 0.890. The predicted octanol–water partition coefficient (Wildman–Crippen LogP) is 2.07. The van der Waals surface area contributed by atoms with Crippen LogP contribution in [0.3, 0.4) is 0 Å². The van der Waals surface area contributed by atoms with Gasteiger partial charge in [-0.2, -0.15) is 0 Å². The number of benzene rings is 1. The van der Waals surface area contributed by atoms with Crippen LogP contribution in [0, 0.1) is 21.3 Å². The second kappa shape index (κ2) is 6.08. The molecule has 0 aromatic heterocycles. The lowest BCUT2D eigenvalue weighted by Gasteiger charge is -2.40. The van der Waals surface area contributed by atoms with E-state index in [1.54, 1.807) is 12.1 Å². The van der Waals surface area contributed by atoms with Crippen LogP contribution in [0.4, 0.5) is 0 Å². The Morgan fingerprint density at radius 3 is 2.52 bits per heavy atom. The number of allylic oxidation sites excluding steroid dienone is 3. The molecule has 0 fully saturated rings. The van der Waals surface area contributed by atoms with Crippen LogP contribution in [0.15, 0.2) is 34.8 Å². The van der Waals surface area contributed by atoms with Crippen molar-refractivity contribution in [3.8, 4) is 5.75 Å². The van der Waals surface area contributed by atoms with Gasteiger partial charge in [0, 0.05) is 12.0 Å². The number of ketones is 2. The maximum Gasteiger partial charge on any atom is 0.255 e. The summed E-state index contributed by atoms with van der Waals surface area (Å²) in [7, 11) is 0. The highest BCUT2D eigenvalue weighted by Crippen LogP contribution is 2.49. The van der Waals surface area contributed by atoms with Crippen molar-refractivity contribution in [2.45, 2.75) is 19.3 Å². The minimum Gasteiger partial charge on any atom is -0.511 e. The molecule has 1 aromatic carbocycles. The van der Waals surface area contributed by atoms with Gasteiger partial charge in [-0.15, -0.1) is 0 Å². The topological polar surface area (TPSA) is 138 Å². The van der Waals surface area contributed by atoms with Gasteiger partial charge in [-0.1, -0.05) is 6.07 Å². The van der Waals surface area contributed by atoms with Crippen LogP contribution in [0.2, 0.25) is 0 Å². The standard InChI is InChI=1S/C19H16INO6/c20-9-2-1-6-3-7-4-8-5-10(22)14(19(21)27)18(26)13(8)17(25)12(7)16(24)11(6)15(9)23/h1-2,7-8,13,22-23,25H,3-5H2,(H2,21,27). The summed E-state index contributed by atoms with van der Waals surface area (Å²) in [5, 5.41) is 31.2. The van der Waals surface area contributed by atoms with Gasteiger partial charge in [0.15, 0.2) is 11.6 Å². The van der Waals surface area contributed by atoms with Gasteiger partial charge >= 0.3 is 0 Å². The smallest absolute Gasteiger partial charge is 0.255 e. The number of primary amides is 1. The summed E-state index contributed by atoms with van der Waals surface area (Å²) < 4.78 is 0.518. The van der Waals surface area contributed by atoms with Crippen molar-refractivity contribution < 1.29 is 29.7 Å². The molecule has 0 spiro atoms. The molecule has 3 aliphatic rings. The van der Waals surface area contributed by atoms with E-state index in [4.69, 9.17) is 5.73 Å². The van der Waals surface area contributed by atoms with E-state index >= 15 is 0 Å². The van der Waals surface area contributed by atoms with Gasteiger partial charge in [0.25, 0.3) is 5.91 Å². The van der Waals surface area contributed by atoms with E-state index < -0.39 is 34.9 Å². The molecule has 3 atom stereocenters. The first-order valence-electron chi connectivity index (χ1n) is 8.46. The van der Waals surface area contributed by atoms with E-state index in [0.29, 0.717) is 22.0 Å².